The Morgan fingerprint density at radius 2 is 1.08 bits per heavy atom. The minimum absolute atomic E-state index is 0.000934. The van der Waals surface area contributed by atoms with Crippen molar-refractivity contribution in [1.82, 2.24) is 19.4 Å². The van der Waals surface area contributed by atoms with Gasteiger partial charge in [-0.1, -0.05) is 0 Å². The maximum Gasteiger partial charge on any atom is 0.242 e. The van der Waals surface area contributed by atoms with Gasteiger partial charge >= 0.3 is 0 Å². The Bertz CT molecular complexity index is 876. The van der Waals surface area contributed by atoms with Crippen molar-refractivity contribution in [2.45, 2.75) is 48.6 Å². The van der Waals surface area contributed by atoms with Crippen molar-refractivity contribution in [3.8, 4) is 0 Å². The van der Waals surface area contributed by atoms with Gasteiger partial charge in [0, 0.05) is 35.9 Å². The molecule has 0 atom stereocenters. The first-order valence-electron chi connectivity index (χ1n) is 7.75. The second kappa shape index (κ2) is 7.03. The van der Waals surface area contributed by atoms with Gasteiger partial charge in [-0.3, -0.25) is 9.97 Å². The Hall–Kier alpha value is -1.88. The third-order valence-corrected chi connectivity index (χ3v) is 7.51. The average Bonchev–Trinajstić information content (AvgIpc) is 2.54. The third kappa shape index (κ3) is 4.44. The van der Waals surface area contributed by atoms with E-state index in [1.54, 1.807) is 27.7 Å². The van der Waals surface area contributed by atoms with E-state index in [9.17, 15) is 16.8 Å². The van der Waals surface area contributed by atoms with Crippen LogP contribution in [0, 0.1) is 0 Å². The number of pyridine rings is 2. The fraction of sp³-hybridized carbons (Fsp3) is 0.375. The number of aromatic nitrogens is 2. The molecule has 0 aliphatic carbocycles. The molecule has 0 unspecified atom stereocenters. The molecule has 0 amide bonds. The van der Waals surface area contributed by atoms with E-state index in [0.717, 1.165) is 0 Å². The molecule has 2 rings (SSSR count). The quantitative estimate of drug-likeness (QED) is 0.726. The summed E-state index contributed by atoms with van der Waals surface area (Å²) in [5, 5.41) is 0. The number of hydrogen-bond acceptors (Lipinski definition) is 6. The summed E-state index contributed by atoms with van der Waals surface area (Å²) in [5.74, 6) is 0. The van der Waals surface area contributed by atoms with E-state index in [1.807, 2.05) is 0 Å². The number of nitrogens with zero attached hydrogens (tertiary/aromatic N) is 2. The zero-order chi connectivity index (χ0) is 19.6. The van der Waals surface area contributed by atoms with Crippen LogP contribution in [0.1, 0.15) is 27.7 Å². The van der Waals surface area contributed by atoms with Crippen LogP contribution in [0.25, 0.3) is 0 Å². The number of rotatable bonds is 7. The fourth-order valence-corrected chi connectivity index (χ4v) is 5.06. The maximum absolute atomic E-state index is 12.6. The van der Waals surface area contributed by atoms with Gasteiger partial charge in [-0.2, -0.15) is 0 Å². The zero-order valence-corrected chi connectivity index (χ0v) is 16.6. The van der Waals surface area contributed by atoms with E-state index < -0.39 is 31.1 Å². The van der Waals surface area contributed by atoms with Crippen LogP contribution in [0.3, 0.4) is 0 Å². The third-order valence-electron chi connectivity index (χ3n) is 4.23. The zero-order valence-electron chi connectivity index (χ0n) is 15.0. The van der Waals surface area contributed by atoms with Crippen LogP contribution in [0.5, 0.6) is 0 Å². The molecule has 8 nitrogen and oxygen atoms in total. The monoisotopic (exact) mass is 398 g/mol. The highest BCUT2D eigenvalue weighted by atomic mass is 32.2. The SMILES string of the molecule is CC(C)(NS(=O)(=O)c1cccnc1)C(C)(C)NS(=O)(=O)c1cccnc1. The van der Waals surface area contributed by atoms with Crippen molar-refractivity contribution in [3.05, 3.63) is 49.1 Å². The van der Waals surface area contributed by atoms with E-state index in [1.165, 1.54) is 49.1 Å². The highest BCUT2D eigenvalue weighted by Crippen LogP contribution is 2.26. The Balaban J connectivity index is 2.29. The fourth-order valence-electron chi connectivity index (χ4n) is 2.06. The molecule has 0 aromatic carbocycles. The van der Waals surface area contributed by atoms with Gasteiger partial charge in [0.25, 0.3) is 0 Å². The van der Waals surface area contributed by atoms with Gasteiger partial charge in [0.2, 0.25) is 20.0 Å². The molecule has 2 N–H and O–H groups in total. The minimum Gasteiger partial charge on any atom is -0.263 e. The molecule has 0 fully saturated rings. The summed E-state index contributed by atoms with van der Waals surface area (Å²) in [5.41, 5.74) is -2.31. The molecule has 2 aromatic rings. The van der Waals surface area contributed by atoms with Crippen LogP contribution in [-0.2, 0) is 20.0 Å². The molecular weight excluding hydrogens is 376 g/mol. The van der Waals surface area contributed by atoms with Crippen LogP contribution < -0.4 is 9.44 Å². The van der Waals surface area contributed by atoms with Crippen molar-refractivity contribution < 1.29 is 16.8 Å². The number of nitrogens with one attached hydrogen (secondary N) is 2. The van der Waals surface area contributed by atoms with Crippen LogP contribution in [0.4, 0.5) is 0 Å². The summed E-state index contributed by atoms with van der Waals surface area (Å²) in [6.07, 6.45) is 5.39. The number of hydrogen-bond donors (Lipinski definition) is 2. The van der Waals surface area contributed by atoms with E-state index in [0.29, 0.717) is 0 Å². The Kier molecular flexibility index (Phi) is 5.52. The van der Waals surface area contributed by atoms with Gasteiger partial charge in [0.1, 0.15) is 9.79 Å². The summed E-state index contributed by atoms with van der Waals surface area (Å²) in [6, 6.07) is 5.85. The molecule has 0 aliphatic rings. The predicted molar refractivity (Wildman–Crippen MR) is 97.3 cm³/mol. The minimum atomic E-state index is -3.88. The van der Waals surface area contributed by atoms with Crippen LogP contribution in [0.2, 0.25) is 0 Å². The van der Waals surface area contributed by atoms with Crippen molar-refractivity contribution in [2.75, 3.05) is 0 Å². The first-order chi connectivity index (χ1) is 11.9. The van der Waals surface area contributed by atoms with Crippen molar-refractivity contribution in [2.24, 2.45) is 0 Å². The maximum atomic E-state index is 12.6. The Morgan fingerprint density at radius 1 is 0.731 bits per heavy atom. The highest BCUT2D eigenvalue weighted by molar-refractivity contribution is 7.90. The molecule has 26 heavy (non-hydrogen) atoms. The van der Waals surface area contributed by atoms with Gasteiger partial charge in [-0.05, 0) is 52.0 Å². The van der Waals surface area contributed by atoms with E-state index >= 15 is 0 Å². The lowest BCUT2D eigenvalue weighted by Gasteiger charge is -2.42. The van der Waals surface area contributed by atoms with E-state index in [2.05, 4.69) is 19.4 Å². The second-order valence-corrected chi connectivity index (χ2v) is 10.2. The standard InChI is InChI=1S/C16H22N4O4S2/c1-15(2,19-25(21,22)13-7-5-9-17-11-13)16(3,4)20-26(23,24)14-8-6-10-18-12-14/h5-12,19-20H,1-4H3. The van der Waals surface area contributed by atoms with Gasteiger partial charge in [0.15, 0.2) is 0 Å². The summed E-state index contributed by atoms with van der Waals surface area (Å²) in [7, 11) is -7.76. The molecular formula is C16H22N4O4S2. The molecule has 0 aliphatic heterocycles. The normalized spacial score (nSPS) is 13.5. The number of sulfonamides is 2. The van der Waals surface area contributed by atoms with Gasteiger partial charge in [0.05, 0.1) is 0 Å². The lowest BCUT2D eigenvalue weighted by atomic mass is 9.85. The van der Waals surface area contributed by atoms with Crippen molar-refractivity contribution >= 4 is 20.0 Å². The molecule has 2 heterocycles. The highest BCUT2D eigenvalue weighted by Gasteiger charge is 2.43. The van der Waals surface area contributed by atoms with Gasteiger partial charge in [-0.25, -0.2) is 26.3 Å². The summed E-state index contributed by atoms with van der Waals surface area (Å²) >= 11 is 0. The lowest BCUT2D eigenvalue weighted by Crippen LogP contribution is -2.65. The van der Waals surface area contributed by atoms with Gasteiger partial charge < -0.3 is 0 Å². The van der Waals surface area contributed by atoms with Crippen LogP contribution in [0.15, 0.2) is 58.8 Å². The molecule has 2 aromatic heterocycles. The first kappa shape index (κ1) is 20.4. The predicted octanol–water partition coefficient (Wildman–Crippen LogP) is 1.29. The summed E-state index contributed by atoms with van der Waals surface area (Å²) in [6.45, 7) is 6.42. The van der Waals surface area contributed by atoms with E-state index in [4.69, 9.17) is 0 Å². The molecule has 10 heteroatoms. The smallest absolute Gasteiger partial charge is 0.242 e. The lowest BCUT2D eigenvalue weighted by molar-refractivity contribution is 0.256. The first-order valence-corrected chi connectivity index (χ1v) is 10.7. The summed E-state index contributed by atoms with van der Waals surface area (Å²) < 4.78 is 55.5. The molecule has 0 radical (unpaired) electrons. The average molecular weight is 399 g/mol. The van der Waals surface area contributed by atoms with Crippen molar-refractivity contribution in [3.63, 3.8) is 0 Å². The summed E-state index contributed by atoms with van der Waals surface area (Å²) in [4.78, 5) is 7.61. The Labute approximate surface area is 154 Å². The second-order valence-electron chi connectivity index (χ2n) is 6.84. The van der Waals surface area contributed by atoms with Gasteiger partial charge in [-0.15, -0.1) is 0 Å². The molecule has 142 valence electrons. The molecule has 0 saturated heterocycles. The molecule has 0 saturated carbocycles. The molecule has 0 bridgehead atoms. The van der Waals surface area contributed by atoms with Crippen molar-refractivity contribution in [1.29, 1.82) is 0 Å². The topological polar surface area (TPSA) is 118 Å². The van der Waals surface area contributed by atoms with Crippen LogP contribution >= 0.6 is 0 Å². The Morgan fingerprint density at radius 3 is 1.35 bits per heavy atom. The molecule has 0 spiro atoms. The van der Waals surface area contributed by atoms with E-state index in [-0.39, 0.29) is 9.79 Å². The van der Waals surface area contributed by atoms with Crippen LogP contribution in [-0.4, -0.2) is 37.9 Å². The largest absolute Gasteiger partial charge is 0.263 e.